The van der Waals surface area contributed by atoms with Crippen molar-refractivity contribution in [3.8, 4) is 0 Å². The highest BCUT2D eigenvalue weighted by Gasteiger charge is 2.37. The second-order valence-corrected chi connectivity index (χ2v) is 10.7. The summed E-state index contributed by atoms with van der Waals surface area (Å²) in [4.78, 5) is -1.76. The van der Waals surface area contributed by atoms with Gasteiger partial charge in [0, 0.05) is 13.1 Å². The van der Waals surface area contributed by atoms with Gasteiger partial charge in [-0.3, -0.25) is 0 Å². The first-order chi connectivity index (χ1) is 15.7. The van der Waals surface area contributed by atoms with Crippen LogP contribution in [0.1, 0.15) is 36.8 Å². The van der Waals surface area contributed by atoms with Gasteiger partial charge >= 0.3 is 12.4 Å². The fourth-order valence-electron chi connectivity index (χ4n) is 3.04. The Morgan fingerprint density at radius 2 is 0.882 bits per heavy atom. The molecule has 14 heteroatoms. The number of rotatable bonds is 11. The van der Waals surface area contributed by atoms with E-state index in [2.05, 4.69) is 9.44 Å². The zero-order chi connectivity index (χ0) is 25.6. The highest BCUT2D eigenvalue weighted by molar-refractivity contribution is 7.89. The first kappa shape index (κ1) is 28.1. The van der Waals surface area contributed by atoms with Gasteiger partial charge in [-0.1, -0.05) is 37.1 Å². The van der Waals surface area contributed by atoms with Gasteiger partial charge in [-0.05, 0) is 37.1 Å². The minimum Gasteiger partial charge on any atom is -0.211 e. The van der Waals surface area contributed by atoms with E-state index in [1.165, 1.54) is 12.1 Å². The van der Waals surface area contributed by atoms with Crippen molar-refractivity contribution >= 4 is 20.0 Å². The van der Waals surface area contributed by atoms with Crippen molar-refractivity contribution in [3.05, 3.63) is 59.7 Å². The van der Waals surface area contributed by atoms with E-state index < -0.39 is 53.3 Å². The van der Waals surface area contributed by atoms with Crippen LogP contribution in [0.15, 0.2) is 58.3 Å². The average Bonchev–Trinajstić information content (AvgIpc) is 2.74. The third kappa shape index (κ3) is 7.68. The van der Waals surface area contributed by atoms with Gasteiger partial charge in [-0.15, -0.1) is 0 Å². The Balaban J connectivity index is 1.79. The van der Waals surface area contributed by atoms with Gasteiger partial charge in [-0.2, -0.15) is 26.3 Å². The number of benzene rings is 2. The molecule has 0 aliphatic rings. The molecule has 0 aromatic heterocycles. The van der Waals surface area contributed by atoms with Crippen LogP contribution < -0.4 is 9.44 Å². The number of hydrogen-bond donors (Lipinski definition) is 2. The summed E-state index contributed by atoms with van der Waals surface area (Å²) in [6.45, 7) is -0.279. The van der Waals surface area contributed by atoms with Gasteiger partial charge in [0.25, 0.3) is 0 Å². The fourth-order valence-corrected chi connectivity index (χ4v) is 5.64. The monoisotopic (exact) mass is 532 g/mol. The quantitative estimate of drug-likeness (QED) is 0.328. The number of unbranched alkanes of at least 4 members (excludes halogenated alkanes) is 3. The van der Waals surface area contributed by atoms with E-state index in [4.69, 9.17) is 0 Å². The summed E-state index contributed by atoms with van der Waals surface area (Å²) >= 11 is 0. The van der Waals surface area contributed by atoms with Crippen LogP contribution in [0.2, 0.25) is 0 Å². The van der Waals surface area contributed by atoms with Gasteiger partial charge in [0.1, 0.15) is 0 Å². The lowest BCUT2D eigenvalue weighted by molar-refractivity contribution is -0.140. The molecule has 0 aliphatic carbocycles. The summed E-state index contributed by atoms with van der Waals surface area (Å²) in [6.07, 6.45) is -8.33. The van der Waals surface area contributed by atoms with Crippen molar-refractivity contribution in [2.45, 2.75) is 47.8 Å². The van der Waals surface area contributed by atoms with Gasteiger partial charge in [0.05, 0.1) is 20.9 Å². The SMILES string of the molecule is O=S(=O)(NCCCCCCNS(=O)(=O)c1ccccc1C(F)(F)F)c1ccccc1C(F)(F)F. The maximum atomic E-state index is 13.0. The van der Waals surface area contributed by atoms with Gasteiger partial charge in [0.15, 0.2) is 0 Å². The number of sulfonamides is 2. The summed E-state index contributed by atoms with van der Waals surface area (Å²) in [7, 11) is -8.78. The molecule has 2 aromatic carbocycles. The lowest BCUT2D eigenvalue weighted by Gasteiger charge is -2.14. The maximum absolute atomic E-state index is 13.0. The van der Waals surface area contributed by atoms with Crippen molar-refractivity contribution in [2.24, 2.45) is 0 Å². The molecule has 0 radical (unpaired) electrons. The molecule has 34 heavy (non-hydrogen) atoms. The van der Waals surface area contributed by atoms with E-state index >= 15 is 0 Å². The first-order valence-corrected chi connectivity index (χ1v) is 12.9. The molecular weight excluding hydrogens is 510 g/mol. The summed E-state index contributed by atoms with van der Waals surface area (Å²) in [5, 5.41) is 0. The van der Waals surface area contributed by atoms with Gasteiger partial charge < -0.3 is 0 Å². The van der Waals surface area contributed by atoms with Crippen LogP contribution >= 0.6 is 0 Å². The minimum atomic E-state index is -4.83. The highest BCUT2D eigenvalue weighted by atomic mass is 32.2. The second-order valence-electron chi connectivity index (χ2n) is 7.20. The summed E-state index contributed by atoms with van der Waals surface area (Å²) in [5.41, 5.74) is -2.55. The Morgan fingerprint density at radius 1 is 0.559 bits per heavy atom. The Morgan fingerprint density at radius 3 is 1.21 bits per heavy atom. The van der Waals surface area contributed by atoms with E-state index in [1.807, 2.05) is 0 Å². The molecule has 0 fully saturated rings. The molecule has 0 amide bonds. The highest BCUT2D eigenvalue weighted by Crippen LogP contribution is 2.34. The van der Waals surface area contributed by atoms with Crippen molar-refractivity contribution in [1.82, 2.24) is 9.44 Å². The molecule has 6 nitrogen and oxygen atoms in total. The number of alkyl halides is 6. The van der Waals surface area contributed by atoms with Crippen molar-refractivity contribution < 1.29 is 43.2 Å². The minimum absolute atomic E-state index is 0.140. The zero-order valence-corrected chi connectivity index (χ0v) is 19.2. The van der Waals surface area contributed by atoms with Crippen molar-refractivity contribution in [1.29, 1.82) is 0 Å². The Hall–Kier alpha value is -2.16. The summed E-state index contributed by atoms with van der Waals surface area (Å²) in [5.74, 6) is 0. The normalized spacial score (nSPS) is 13.2. The molecule has 0 atom stereocenters. The molecule has 2 N–H and O–H groups in total. The second kappa shape index (κ2) is 11.1. The summed E-state index contributed by atoms with van der Waals surface area (Å²) < 4.78 is 131. The average molecular weight is 533 g/mol. The first-order valence-electron chi connectivity index (χ1n) is 9.98. The van der Waals surface area contributed by atoms with E-state index in [0.29, 0.717) is 25.0 Å². The van der Waals surface area contributed by atoms with Crippen LogP contribution in [-0.2, 0) is 32.4 Å². The van der Waals surface area contributed by atoms with Crippen LogP contribution in [0.25, 0.3) is 0 Å². The lowest BCUT2D eigenvalue weighted by atomic mass is 10.2. The largest absolute Gasteiger partial charge is 0.417 e. The van der Waals surface area contributed by atoms with Crippen LogP contribution in [0, 0.1) is 0 Å². The molecule has 0 aliphatic heterocycles. The molecule has 0 spiro atoms. The van der Waals surface area contributed by atoms with Crippen LogP contribution in [0.5, 0.6) is 0 Å². The summed E-state index contributed by atoms with van der Waals surface area (Å²) in [6, 6.07) is 7.57. The molecule has 0 saturated heterocycles. The smallest absolute Gasteiger partial charge is 0.211 e. The molecule has 0 unspecified atom stereocenters. The lowest BCUT2D eigenvalue weighted by Crippen LogP contribution is -2.28. The zero-order valence-electron chi connectivity index (χ0n) is 17.6. The molecule has 0 saturated carbocycles. The van der Waals surface area contributed by atoms with Crippen LogP contribution in [0.4, 0.5) is 26.3 Å². The number of hydrogen-bond acceptors (Lipinski definition) is 4. The van der Waals surface area contributed by atoms with E-state index in [1.54, 1.807) is 0 Å². The Bertz CT molecular complexity index is 1090. The van der Waals surface area contributed by atoms with Crippen LogP contribution in [0.3, 0.4) is 0 Å². The third-order valence-electron chi connectivity index (χ3n) is 4.65. The third-order valence-corrected chi connectivity index (χ3v) is 7.69. The molecule has 2 rings (SSSR count). The molecule has 0 heterocycles. The predicted octanol–water partition coefficient (Wildman–Crippen LogP) is 4.54. The topological polar surface area (TPSA) is 92.3 Å². The fraction of sp³-hybridized carbons (Fsp3) is 0.400. The molecule has 0 bridgehead atoms. The number of halogens is 6. The molecular formula is C20H22F6N2O4S2. The maximum Gasteiger partial charge on any atom is 0.417 e. The molecule has 190 valence electrons. The molecule has 2 aromatic rings. The van der Waals surface area contributed by atoms with E-state index in [0.717, 1.165) is 24.3 Å². The van der Waals surface area contributed by atoms with Crippen LogP contribution in [-0.4, -0.2) is 29.9 Å². The van der Waals surface area contributed by atoms with Gasteiger partial charge in [-0.25, -0.2) is 26.3 Å². The standard InChI is InChI=1S/C20H22F6N2O4S2/c21-19(22,23)15-9-3-5-11-17(15)33(29,30)27-13-7-1-2-8-14-28-34(31,32)18-12-6-4-10-16(18)20(24,25)26/h3-6,9-12,27-28H,1-2,7-8,13-14H2. The van der Waals surface area contributed by atoms with Crippen molar-refractivity contribution in [2.75, 3.05) is 13.1 Å². The van der Waals surface area contributed by atoms with Crippen molar-refractivity contribution in [3.63, 3.8) is 0 Å². The Labute approximate surface area is 193 Å². The van der Waals surface area contributed by atoms with Gasteiger partial charge in [0.2, 0.25) is 20.0 Å². The number of nitrogens with one attached hydrogen (secondary N) is 2. The predicted molar refractivity (Wildman–Crippen MR) is 112 cm³/mol. The Kier molecular flexibility index (Phi) is 9.13. The van der Waals surface area contributed by atoms with E-state index in [-0.39, 0.29) is 25.9 Å². The van der Waals surface area contributed by atoms with E-state index in [9.17, 15) is 43.2 Å².